The smallest absolute Gasteiger partial charge is 0.212 e. The first kappa shape index (κ1) is 24.0. The molecule has 3 fully saturated rings. The van der Waals surface area contributed by atoms with Gasteiger partial charge in [-0.05, 0) is 18.9 Å². The van der Waals surface area contributed by atoms with Crippen molar-refractivity contribution in [1.29, 1.82) is 0 Å². The van der Waals surface area contributed by atoms with E-state index in [4.69, 9.17) is 23.9 Å². The number of amides is 1. The zero-order valence-corrected chi connectivity index (χ0v) is 21.6. The van der Waals surface area contributed by atoms with Gasteiger partial charge >= 0.3 is 0 Å². The van der Waals surface area contributed by atoms with Crippen molar-refractivity contribution in [3.8, 4) is 17.0 Å². The van der Waals surface area contributed by atoms with Crippen molar-refractivity contribution in [2.24, 2.45) is 7.05 Å². The van der Waals surface area contributed by atoms with Gasteiger partial charge in [-0.25, -0.2) is 9.97 Å². The lowest BCUT2D eigenvalue weighted by Gasteiger charge is -2.45. The minimum atomic E-state index is -0.536. The van der Waals surface area contributed by atoms with Gasteiger partial charge in [0.2, 0.25) is 6.41 Å². The molecule has 200 valence electrons. The number of hydrogen-bond donors (Lipinski definition) is 1. The zero-order chi connectivity index (χ0) is 25.7. The second-order valence-corrected chi connectivity index (χ2v) is 10.8. The highest BCUT2D eigenvalue weighted by atomic mass is 16.6. The second-order valence-electron chi connectivity index (χ2n) is 10.8. The molecular formula is C28H33N5O5. The number of carbonyl (C=O) groups excluding carboxylic acids is 1. The maximum Gasteiger partial charge on any atom is 0.212 e. The van der Waals surface area contributed by atoms with Gasteiger partial charge in [0.1, 0.15) is 23.3 Å². The van der Waals surface area contributed by atoms with Crippen LogP contribution in [0.4, 0.5) is 5.82 Å². The number of likely N-dealkylation sites (tertiary alicyclic amines) is 1. The number of hydrogen-bond acceptors (Lipinski definition) is 8. The Labute approximate surface area is 221 Å². The molecule has 38 heavy (non-hydrogen) atoms. The van der Waals surface area contributed by atoms with Gasteiger partial charge in [0.15, 0.2) is 0 Å². The molecule has 1 spiro atoms. The summed E-state index contributed by atoms with van der Waals surface area (Å²) in [4.78, 5) is 23.2. The first-order valence-electron chi connectivity index (χ1n) is 13.5. The Bertz CT molecular complexity index is 1360. The Morgan fingerprint density at radius 1 is 1.16 bits per heavy atom. The van der Waals surface area contributed by atoms with E-state index in [1.54, 1.807) is 6.20 Å². The predicted molar refractivity (Wildman–Crippen MR) is 140 cm³/mol. The third kappa shape index (κ3) is 4.07. The summed E-state index contributed by atoms with van der Waals surface area (Å²) >= 11 is 0. The second kappa shape index (κ2) is 9.60. The average Bonchev–Trinajstić information content (AvgIpc) is 3.51. The molecule has 3 saturated heterocycles. The maximum absolute atomic E-state index is 11.1. The fourth-order valence-corrected chi connectivity index (χ4v) is 6.37. The maximum atomic E-state index is 11.1. The van der Waals surface area contributed by atoms with Crippen LogP contribution in [0.5, 0.6) is 5.75 Å². The summed E-state index contributed by atoms with van der Waals surface area (Å²) in [5.74, 6) is 1.40. The van der Waals surface area contributed by atoms with Gasteiger partial charge in [-0.2, -0.15) is 0 Å². The molecule has 3 aromatic heterocycles. The number of fused-ring (bicyclic) bond motifs is 3. The molecule has 0 aromatic carbocycles. The monoisotopic (exact) mass is 519 g/mol. The highest BCUT2D eigenvalue weighted by Crippen LogP contribution is 2.44. The minimum absolute atomic E-state index is 0.149. The van der Waals surface area contributed by atoms with Crippen LogP contribution >= 0.6 is 0 Å². The van der Waals surface area contributed by atoms with E-state index >= 15 is 0 Å². The largest absolute Gasteiger partial charge is 0.487 e. The average molecular weight is 520 g/mol. The van der Waals surface area contributed by atoms with Crippen molar-refractivity contribution >= 4 is 23.1 Å². The van der Waals surface area contributed by atoms with Gasteiger partial charge in [-0.15, -0.1) is 0 Å². The Balaban J connectivity index is 1.27. The van der Waals surface area contributed by atoms with Crippen molar-refractivity contribution in [1.82, 2.24) is 19.4 Å². The molecular weight excluding hydrogens is 486 g/mol. The van der Waals surface area contributed by atoms with Gasteiger partial charge in [0.05, 0.1) is 36.3 Å². The standard InChI is InChI=1S/C28H33N5O5/c1-32-15-22(21-10-26(30-17-34)29-12-24(21)32)23-11-25(38-19-13-33(14-19)18-2-6-35-7-3-18)20-4-8-37-28(27(20)31-23)5-9-36-16-28/h10-12,15,17-19H,2-9,13-14,16H2,1H3,(H,29,30,34). The molecule has 10 nitrogen and oxygen atoms in total. The predicted octanol–water partition coefficient (Wildman–Crippen LogP) is 2.63. The molecule has 1 amide bonds. The minimum Gasteiger partial charge on any atom is -0.487 e. The fraction of sp³-hybridized carbons (Fsp3) is 0.536. The molecule has 0 radical (unpaired) electrons. The Morgan fingerprint density at radius 2 is 2.03 bits per heavy atom. The number of aromatic nitrogens is 3. The van der Waals surface area contributed by atoms with Crippen molar-refractivity contribution in [3.05, 3.63) is 35.8 Å². The normalized spacial score (nSPS) is 24.4. The van der Waals surface area contributed by atoms with Crippen LogP contribution in [0.15, 0.2) is 24.5 Å². The molecule has 3 aromatic rings. The number of aryl methyl sites for hydroxylation is 1. The van der Waals surface area contributed by atoms with E-state index < -0.39 is 5.60 Å². The number of rotatable bonds is 6. The van der Waals surface area contributed by atoms with Gasteiger partial charge in [0, 0.05) is 87.6 Å². The number of nitrogens with one attached hydrogen (secondary N) is 1. The van der Waals surface area contributed by atoms with Gasteiger partial charge in [-0.1, -0.05) is 0 Å². The van der Waals surface area contributed by atoms with Crippen molar-refractivity contribution in [3.63, 3.8) is 0 Å². The lowest BCUT2D eigenvalue weighted by Crippen LogP contribution is -2.58. The summed E-state index contributed by atoms with van der Waals surface area (Å²) < 4.78 is 26.5. The summed E-state index contributed by atoms with van der Waals surface area (Å²) in [5.41, 5.74) is 4.28. The quantitative estimate of drug-likeness (QED) is 0.497. The number of anilines is 1. The highest BCUT2D eigenvalue weighted by molar-refractivity contribution is 5.97. The van der Waals surface area contributed by atoms with Crippen LogP contribution in [0.25, 0.3) is 22.2 Å². The van der Waals surface area contributed by atoms with Crippen LogP contribution in [-0.4, -0.2) is 84.1 Å². The Kier molecular flexibility index (Phi) is 6.07. The third-order valence-corrected chi connectivity index (χ3v) is 8.47. The van der Waals surface area contributed by atoms with Crippen molar-refractivity contribution < 1.29 is 23.7 Å². The Hall–Kier alpha value is -3.05. The molecule has 1 N–H and O–H groups in total. The lowest BCUT2D eigenvalue weighted by molar-refractivity contribution is -0.105. The molecule has 1 atom stereocenters. The summed E-state index contributed by atoms with van der Waals surface area (Å²) in [7, 11) is 1.99. The molecule has 0 bridgehead atoms. The van der Waals surface area contributed by atoms with Crippen LogP contribution in [0.2, 0.25) is 0 Å². The molecule has 7 rings (SSSR count). The number of pyridine rings is 2. The molecule has 1 unspecified atom stereocenters. The van der Waals surface area contributed by atoms with E-state index in [0.717, 1.165) is 91.2 Å². The van der Waals surface area contributed by atoms with E-state index in [1.807, 2.05) is 17.7 Å². The highest BCUT2D eigenvalue weighted by Gasteiger charge is 2.45. The van der Waals surface area contributed by atoms with Crippen LogP contribution < -0.4 is 10.1 Å². The summed E-state index contributed by atoms with van der Waals surface area (Å²) in [6, 6.07) is 4.58. The first-order chi connectivity index (χ1) is 18.6. The summed E-state index contributed by atoms with van der Waals surface area (Å²) in [5, 5.41) is 3.63. The van der Waals surface area contributed by atoms with E-state index in [1.165, 1.54) is 0 Å². The van der Waals surface area contributed by atoms with Crippen molar-refractivity contribution in [2.45, 2.75) is 43.4 Å². The molecule has 0 aliphatic carbocycles. The van der Waals surface area contributed by atoms with Gasteiger partial charge in [0.25, 0.3) is 0 Å². The van der Waals surface area contributed by atoms with Gasteiger partial charge < -0.3 is 28.8 Å². The molecule has 0 saturated carbocycles. The molecule has 4 aliphatic heterocycles. The van der Waals surface area contributed by atoms with E-state index in [9.17, 15) is 4.79 Å². The third-order valence-electron chi connectivity index (χ3n) is 8.47. The van der Waals surface area contributed by atoms with Gasteiger partial charge in [-0.3, -0.25) is 9.69 Å². The van der Waals surface area contributed by atoms with Crippen LogP contribution in [-0.2, 0) is 38.1 Å². The van der Waals surface area contributed by atoms with E-state index in [-0.39, 0.29) is 6.10 Å². The number of carbonyl (C=O) groups is 1. The topological polar surface area (TPSA) is 100.0 Å². The SMILES string of the molecule is Cn1cc(-c2cc(OC3CN(C4CCOCC4)C3)c3c(n2)C2(CCOC2)OCC3)c2cc(NC=O)ncc21. The number of ether oxygens (including phenoxy) is 4. The van der Waals surface area contributed by atoms with Crippen LogP contribution in [0.3, 0.4) is 0 Å². The van der Waals surface area contributed by atoms with E-state index in [2.05, 4.69) is 27.5 Å². The molecule has 7 heterocycles. The van der Waals surface area contributed by atoms with Crippen LogP contribution in [0.1, 0.15) is 30.5 Å². The Morgan fingerprint density at radius 3 is 2.82 bits per heavy atom. The van der Waals surface area contributed by atoms with Crippen molar-refractivity contribution in [2.75, 3.05) is 51.4 Å². The first-order valence-corrected chi connectivity index (χ1v) is 13.5. The molecule has 4 aliphatic rings. The van der Waals surface area contributed by atoms with E-state index in [0.29, 0.717) is 38.1 Å². The van der Waals surface area contributed by atoms with Crippen LogP contribution in [0, 0.1) is 0 Å². The molecule has 10 heteroatoms. The number of nitrogens with zero attached hydrogens (tertiary/aromatic N) is 4. The zero-order valence-electron chi connectivity index (χ0n) is 21.6. The lowest BCUT2D eigenvalue weighted by atomic mass is 9.89. The summed E-state index contributed by atoms with van der Waals surface area (Å²) in [6.07, 6.45) is 8.37. The fourth-order valence-electron chi connectivity index (χ4n) is 6.37. The summed E-state index contributed by atoms with van der Waals surface area (Å²) in [6.45, 7) is 5.36.